The Balaban J connectivity index is 2.19. The van der Waals surface area contributed by atoms with Crippen LogP contribution < -0.4 is 5.73 Å². The summed E-state index contributed by atoms with van der Waals surface area (Å²) in [5.74, 6) is 0. The molecule has 1 aliphatic carbocycles. The summed E-state index contributed by atoms with van der Waals surface area (Å²) in [6, 6.07) is 8.65. The van der Waals surface area contributed by atoms with E-state index in [0.29, 0.717) is 6.54 Å². The molecule has 0 unspecified atom stereocenters. The summed E-state index contributed by atoms with van der Waals surface area (Å²) in [6.45, 7) is 0.638. The summed E-state index contributed by atoms with van der Waals surface area (Å²) in [6.07, 6.45) is 7.55. The first kappa shape index (κ1) is 9.47. The van der Waals surface area contributed by atoms with Gasteiger partial charge in [-0.15, -0.1) is 0 Å². The molecule has 1 aliphatic rings. The second-order valence-corrected chi connectivity index (χ2v) is 3.88. The quantitative estimate of drug-likeness (QED) is 0.756. The van der Waals surface area contributed by atoms with Gasteiger partial charge in [0.1, 0.15) is 0 Å². The fraction of sp³-hybridized carbons (Fsp3) is 0.385. The van der Waals surface area contributed by atoms with Gasteiger partial charge in [0.25, 0.3) is 0 Å². The van der Waals surface area contributed by atoms with E-state index in [1.165, 1.54) is 42.4 Å². The van der Waals surface area contributed by atoms with Crippen LogP contribution in [0.25, 0.3) is 5.57 Å². The summed E-state index contributed by atoms with van der Waals surface area (Å²) >= 11 is 0. The Morgan fingerprint density at radius 1 is 1.07 bits per heavy atom. The average molecular weight is 187 g/mol. The SMILES string of the molecule is NCc1ccc(C2=CCCCC2)cc1. The lowest BCUT2D eigenvalue weighted by Gasteiger charge is -2.12. The fourth-order valence-electron chi connectivity index (χ4n) is 1.96. The van der Waals surface area contributed by atoms with Gasteiger partial charge in [-0.2, -0.15) is 0 Å². The molecule has 0 fully saturated rings. The van der Waals surface area contributed by atoms with E-state index in [0.717, 1.165) is 0 Å². The normalized spacial score (nSPS) is 16.5. The summed E-state index contributed by atoms with van der Waals surface area (Å²) in [4.78, 5) is 0. The van der Waals surface area contributed by atoms with Crippen molar-refractivity contribution < 1.29 is 0 Å². The van der Waals surface area contributed by atoms with Gasteiger partial charge in [0.2, 0.25) is 0 Å². The molecule has 1 aromatic carbocycles. The molecule has 0 amide bonds. The number of nitrogens with two attached hydrogens (primary N) is 1. The first-order valence-electron chi connectivity index (χ1n) is 5.38. The van der Waals surface area contributed by atoms with Gasteiger partial charge < -0.3 is 5.73 Å². The van der Waals surface area contributed by atoms with E-state index in [4.69, 9.17) is 5.73 Å². The minimum absolute atomic E-state index is 0.638. The Hall–Kier alpha value is -1.08. The molecule has 2 N–H and O–H groups in total. The van der Waals surface area contributed by atoms with E-state index in [1.807, 2.05) is 0 Å². The van der Waals surface area contributed by atoms with Crippen molar-refractivity contribution in [2.75, 3.05) is 0 Å². The highest BCUT2D eigenvalue weighted by Gasteiger charge is 2.05. The van der Waals surface area contributed by atoms with Crippen LogP contribution >= 0.6 is 0 Å². The van der Waals surface area contributed by atoms with Crippen LogP contribution in [0, 0.1) is 0 Å². The van der Waals surface area contributed by atoms with Crippen molar-refractivity contribution in [3.05, 3.63) is 41.5 Å². The third-order valence-electron chi connectivity index (χ3n) is 2.85. The Kier molecular flexibility index (Phi) is 3.00. The van der Waals surface area contributed by atoms with E-state index < -0.39 is 0 Å². The van der Waals surface area contributed by atoms with E-state index in [-0.39, 0.29) is 0 Å². The van der Waals surface area contributed by atoms with Crippen molar-refractivity contribution >= 4 is 5.57 Å². The lowest BCUT2D eigenvalue weighted by molar-refractivity contribution is 0.742. The standard InChI is InChI=1S/C13H17N/c14-10-11-6-8-13(9-7-11)12-4-2-1-3-5-12/h4,6-9H,1-3,5,10,14H2. The molecular formula is C13H17N. The molecule has 1 heteroatoms. The molecule has 2 rings (SSSR count). The molecule has 1 aromatic rings. The molecule has 0 bridgehead atoms. The Bertz CT molecular complexity index is 322. The molecule has 1 nitrogen and oxygen atoms in total. The maximum absolute atomic E-state index is 5.56. The Morgan fingerprint density at radius 2 is 1.86 bits per heavy atom. The zero-order valence-electron chi connectivity index (χ0n) is 8.50. The summed E-state index contributed by atoms with van der Waals surface area (Å²) in [7, 11) is 0. The minimum atomic E-state index is 0.638. The van der Waals surface area contributed by atoms with Crippen LogP contribution in [0.2, 0.25) is 0 Å². The summed E-state index contributed by atoms with van der Waals surface area (Å²) in [5.41, 5.74) is 9.67. The second kappa shape index (κ2) is 4.43. The highest BCUT2D eigenvalue weighted by molar-refractivity contribution is 5.66. The predicted octanol–water partition coefficient (Wildman–Crippen LogP) is 3.10. The minimum Gasteiger partial charge on any atom is -0.326 e. The largest absolute Gasteiger partial charge is 0.326 e. The first-order valence-corrected chi connectivity index (χ1v) is 5.38. The fourth-order valence-corrected chi connectivity index (χ4v) is 1.96. The molecule has 0 spiro atoms. The van der Waals surface area contributed by atoms with Crippen LogP contribution in [-0.2, 0) is 6.54 Å². The van der Waals surface area contributed by atoms with Crippen molar-refractivity contribution in [1.29, 1.82) is 0 Å². The molecular weight excluding hydrogens is 170 g/mol. The molecule has 0 aromatic heterocycles. The average Bonchev–Trinajstić information content (AvgIpc) is 2.30. The topological polar surface area (TPSA) is 26.0 Å². The molecule has 0 heterocycles. The predicted molar refractivity (Wildman–Crippen MR) is 60.8 cm³/mol. The third kappa shape index (κ3) is 2.05. The van der Waals surface area contributed by atoms with Crippen molar-refractivity contribution in [3.8, 4) is 0 Å². The zero-order chi connectivity index (χ0) is 9.80. The lowest BCUT2D eigenvalue weighted by atomic mass is 9.93. The number of hydrogen-bond acceptors (Lipinski definition) is 1. The Labute approximate surface area is 85.6 Å². The zero-order valence-corrected chi connectivity index (χ0v) is 8.50. The van der Waals surface area contributed by atoms with Crippen LogP contribution in [0.4, 0.5) is 0 Å². The van der Waals surface area contributed by atoms with Gasteiger partial charge in [0, 0.05) is 6.54 Å². The number of allylic oxidation sites excluding steroid dienone is 2. The monoisotopic (exact) mass is 187 g/mol. The summed E-state index contributed by atoms with van der Waals surface area (Å²) < 4.78 is 0. The smallest absolute Gasteiger partial charge is 0.0178 e. The van der Waals surface area contributed by atoms with Crippen LogP contribution in [0.3, 0.4) is 0 Å². The van der Waals surface area contributed by atoms with E-state index in [9.17, 15) is 0 Å². The van der Waals surface area contributed by atoms with Gasteiger partial charge in [0.15, 0.2) is 0 Å². The second-order valence-electron chi connectivity index (χ2n) is 3.88. The maximum atomic E-state index is 5.56. The third-order valence-corrected chi connectivity index (χ3v) is 2.85. The highest BCUT2D eigenvalue weighted by Crippen LogP contribution is 2.26. The molecule has 74 valence electrons. The number of benzene rings is 1. The highest BCUT2D eigenvalue weighted by atomic mass is 14.5. The van der Waals surface area contributed by atoms with Crippen LogP contribution in [0.15, 0.2) is 30.3 Å². The molecule has 0 radical (unpaired) electrons. The molecule has 0 saturated carbocycles. The van der Waals surface area contributed by atoms with Crippen molar-refractivity contribution in [2.24, 2.45) is 5.73 Å². The van der Waals surface area contributed by atoms with Gasteiger partial charge in [-0.25, -0.2) is 0 Å². The van der Waals surface area contributed by atoms with Crippen molar-refractivity contribution in [1.82, 2.24) is 0 Å². The van der Waals surface area contributed by atoms with Gasteiger partial charge in [-0.1, -0.05) is 30.3 Å². The van der Waals surface area contributed by atoms with Gasteiger partial charge in [0.05, 0.1) is 0 Å². The van der Waals surface area contributed by atoms with Crippen molar-refractivity contribution in [2.45, 2.75) is 32.2 Å². The summed E-state index contributed by atoms with van der Waals surface area (Å²) in [5, 5.41) is 0. The number of hydrogen-bond donors (Lipinski definition) is 1. The van der Waals surface area contributed by atoms with Crippen LogP contribution in [0.5, 0.6) is 0 Å². The first-order chi connectivity index (χ1) is 6.90. The van der Waals surface area contributed by atoms with Crippen molar-refractivity contribution in [3.63, 3.8) is 0 Å². The molecule has 0 atom stereocenters. The van der Waals surface area contributed by atoms with Gasteiger partial charge in [-0.05, 0) is 42.4 Å². The lowest BCUT2D eigenvalue weighted by Crippen LogP contribution is -1.96. The van der Waals surface area contributed by atoms with Gasteiger partial charge >= 0.3 is 0 Å². The van der Waals surface area contributed by atoms with Gasteiger partial charge in [-0.3, -0.25) is 0 Å². The molecule has 14 heavy (non-hydrogen) atoms. The molecule has 0 saturated heterocycles. The van der Waals surface area contributed by atoms with E-state index >= 15 is 0 Å². The maximum Gasteiger partial charge on any atom is 0.0178 e. The number of rotatable bonds is 2. The van der Waals surface area contributed by atoms with E-state index in [1.54, 1.807) is 0 Å². The van der Waals surface area contributed by atoms with Crippen LogP contribution in [-0.4, -0.2) is 0 Å². The Morgan fingerprint density at radius 3 is 2.43 bits per heavy atom. The van der Waals surface area contributed by atoms with E-state index in [2.05, 4.69) is 30.3 Å². The molecule has 0 aliphatic heterocycles. The van der Waals surface area contributed by atoms with Crippen LogP contribution in [0.1, 0.15) is 36.8 Å².